The zero-order chi connectivity index (χ0) is 27.2. The Morgan fingerprint density at radius 3 is 2.84 bits per heavy atom. The summed E-state index contributed by atoms with van der Waals surface area (Å²) in [5.41, 5.74) is 1.31. The smallest absolute Gasteiger partial charge is 0.272 e. The van der Waals surface area contributed by atoms with Gasteiger partial charge in [-0.1, -0.05) is 23.4 Å². The SMILES string of the molecule is CN1C(=O)C(NC(=O)c2cn3c(-c4ccc(F)cc4Cl)csc3n2)COc2ccc(C#CC(C)(C)O)cc21. The van der Waals surface area contributed by atoms with Crippen LogP contribution in [0.3, 0.4) is 0 Å². The fraction of sp³-hybridized carbons (Fsp3) is 0.222. The van der Waals surface area contributed by atoms with Crippen molar-refractivity contribution in [2.45, 2.75) is 25.5 Å². The van der Waals surface area contributed by atoms with E-state index in [1.807, 2.05) is 5.38 Å². The van der Waals surface area contributed by atoms with Gasteiger partial charge in [0.1, 0.15) is 35.5 Å². The number of anilines is 1. The zero-order valence-corrected chi connectivity index (χ0v) is 22.2. The number of amides is 2. The van der Waals surface area contributed by atoms with E-state index >= 15 is 0 Å². The number of imidazole rings is 1. The number of nitrogens with zero attached hydrogens (tertiary/aromatic N) is 3. The number of fused-ring (bicyclic) bond motifs is 2. The van der Waals surface area contributed by atoms with Crippen LogP contribution in [0.25, 0.3) is 16.2 Å². The van der Waals surface area contributed by atoms with Crippen LogP contribution in [0.1, 0.15) is 29.9 Å². The molecule has 1 aliphatic rings. The maximum absolute atomic E-state index is 13.5. The van der Waals surface area contributed by atoms with Crippen LogP contribution < -0.4 is 15.0 Å². The van der Waals surface area contributed by atoms with Crippen LogP contribution in [0.4, 0.5) is 10.1 Å². The summed E-state index contributed by atoms with van der Waals surface area (Å²) in [4.78, 5) is 32.6. The van der Waals surface area contributed by atoms with Gasteiger partial charge in [0.2, 0.25) is 0 Å². The zero-order valence-electron chi connectivity index (χ0n) is 20.6. The number of nitrogens with one attached hydrogen (secondary N) is 1. The molecule has 194 valence electrons. The first kappa shape index (κ1) is 25.7. The normalized spacial score (nSPS) is 15.4. The van der Waals surface area contributed by atoms with Crippen LogP contribution in [0.5, 0.6) is 5.75 Å². The minimum Gasteiger partial charge on any atom is -0.489 e. The minimum absolute atomic E-state index is 0.0741. The van der Waals surface area contributed by atoms with E-state index in [4.69, 9.17) is 16.3 Å². The molecular weight excluding hydrogens is 531 g/mol. The summed E-state index contributed by atoms with van der Waals surface area (Å²) in [7, 11) is 1.59. The monoisotopic (exact) mass is 552 g/mol. The third kappa shape index (κ3) is 5.09. The van der Waals surface area contributed by atoms with Gasteiger partial charge in [0.05, 0.1) is 16.4 Å². The molecule has 0 radical (unpaired) electrons. The van der Waals surface area contributed by atoms with Crippen LogP contribution in [0.15, 0.2) is 48.0 Å². The molecule has 2 aromatic heterocycles. The standard InChI is InChI=1S/C27H22ClFN4O4S/c1-27(2,36)9-8-15-4-7-23-21(10-15)32(3)25(35)20(13-37-23)30-24(34)19-12-33-22(14-38-26(33)31-19)17-6-5-16(29)11-18(17)28/h4-7,10-12,14,20,36H,13H2,1-3H3,(H,30,34). The highest BCUT2D eigenvalue weighted by atomic mass is 35.5. The molecule has 38 heavy (non-hydrogen) atoms. The topological polar surface area (TPSA) is 96.2 Å². The lowest BCUT2D eigenvalue weighted by Gasteiger charge is -2.20. The molecule has 0 aliphatic carbocycles. The number of hydrogen-bond acceptors (Lipinski definition) is 6. The quantitative estimate of drug-likeness (QED) is 0.373. The van der Waals surface area contributed by atoms with Crippen molar-refractivity contribution in [2.24, 2.45) is 0 Å². The Hall–Kier alpha value is -3.91. The van der Waals surface area contributed by atoms with E-state index in [1.165, 1.54) is 28.4 Å². The van der Waals surface area contributed by atoms with E-state index in [2.05, 4.69) is 22.1 Å². The van der Waals surface area contributed by atoms with Crippen molar-refractivity contribution < 1.29 is 23.8 Å². The Bertz CT molecular complexity index is 1650. The maximum atomic E-state index is 13.5. The Balaban J connectivity index is 1.36. The van der Waals surface area contributed by atoms with E-state index in [1.54, 1.807) is 55.8 Å². The molecule has 1 atom stereocenters. The number of aromatic nitrogens is 2. The molecule has 1 unspecified atom stereocenters. The first-order chi connectivity index (χ1) is 18.0. The van der Waals surface area contributed by atoms with Crippen LogP contribution in [0.2, 0.25) is 5.02 Å². The lowest BCUT2D eigenvalue weighted by Crippen LogP contribution is -2.49. The number of rotatable bonds is 3. The molecule has 0 saturated carbocycles. The van der Waals surface area contributed by atoms with Gasteiger partial charge in [0, 0.05) is 29.8 Å². The Kier molecular flexibility index (Phi) is 6.61. The summed E-state index contributed by atoms with van der Waals surface area (Å²) < 4.78 is 21.0. The summed E-state index contributed by atoms with van der Waals surface area (Å²) in [5.74, 6) is 4.73. The minimum atomic E-state index is -1.16. The fourth-order valence-corrected chi connectivity index (χ4v) is 5.06. The highest BCUT2D eigenvalue weighted by molar-refractivity contribution is 7.15. The average molecular weight is 553 g/mol. The number of thiazole rings is 1. The number of ether oxygens (including phenoxy) is 1. The molecular formula is C27H22ClFN4O4S. The fourth-order valence-electron chi connectivity index (χ4n) is 3.92. The van der Waals surface area contributed by atoms with E-state index in [0.29, 0.717) is 33.2 Å². The van der Waals surface area contributed by atoms with Gasteiger partial charge in [-0.25, -0.2) is 9.37 Å². The summed E-state index contributed by atoms with van der Waals surface area (Å²) in [5, 5.41) is 14.6. The molecule has 2 N–H and O–H groups in total. The Morgan fingerprint density at radius 1 is 1.32 bits per heavy atom. The van der Waals surface area contributed by atoms with Crippen molar-refractivity contribution in [3.05, 3.63) is 70.1 Å². The molecule has 4 aromatic rings. The maximum Gasteiger partial charge on any atom is 0.272 e. The van der Waals surface area contributed by atoms with Crippen molar-refractivity contribution in [2.75, 3.05) is 18.6 Å². The molecule has 5 rings (SSSR count). The molecule has 3 heterocycles. The number of carbonyl (C=O) groups excluding carboxylic acids is 2. The molecule has 11 heteroatoms. The average Bonchev–Trinajstić information content (AvgIpc) is 3.43. The van der Waals surface area contributed by atoms with Crippen molar-refractivity contribution in [3.8, 4) is 28.8 Å². The van der Waals surface area contributed by atoms with Crippen LogP contribution in [-0.2, 0) is 4.79 Å². The first-order valence-electron chi connectivity index (χ1n) is 11.5. The molecule has 0 saturated heterocycles. The third-order valence-corrected chi connectivity index (χ3v) is 6.97. The van der Waals surface area contributed by atoms with E-state index in [9.17, 15) is 19.1 Å². The van der Waals surface area contributed by atoms with Crippen LogP contribution in [0, 0.1) is 17.7 Å². The highest BCUT2D eigenvalue weighted by Gasteiger charge is 2.31. The van der Waals surface area contributed by atoms with E-state index < -0.39 is 23.4 Å². The van der Waals surface area contributed by atoms with Gasteiger partial charge in [-0.15, -0.1) is 11.3 Å². The predicted octanol–water partition coefficient (Wildman–Crippen LogP) is 4.13. The summed E-state index contributed by atoms with van der Waals surface area (Å²) in [6.45, 7) is 3.09. The summed E-state index contributed by atoms with van der Waals surface area (Å²) in [6, 6.07) is 8.26. The highest BCUT2D eigenvalue weighted by Crippen LogP contribution is 2.33. The molecule has 2 aromatic carbocycles. The van der Waals surface area contributed by atoms with Gasteiger partial charge in [0.15, 0.2) is 4.96 Å². The largest absolute Gasteiger partial charge is 0.489 e. The number of likely N-dealkylation sites (N-methyl/N-ethyl adjacent to an activating group) is 1. The molecule has 0 fully saturated rings. The first-order valence-corrected chi connectivity index (χ1v) is 12.8. The van der Waals surface area contributed by atoms with E-state index in [0.717, 1.165) is 0 Å². The van der Waals surface area contributed by atoms with Gasteiger partial charge >= 0.3 is 0 Å². The van der Waals surface area contributed by atoms with E-state index in [-0.39, 0.29) is 23.2 Å². The molecule has 0 bridgehead atoms. The van der Waals surface area contributed by atoms with Crippen LogP contribution in [-0.4, -0.2) is 51.6 Å². The van der Waals surface area contributed by atoms with Gasteiger partial charge in [0.25, 0.3) is 11.8 Å². The van der Waals surface area contributed by atoms with Gasteiger partial charge in [-0.05, 0) is 50.2 Å². The van der Waals surface area contributed by atoms with Crippen molar-refractivity contribution >= 4 is 45.4 Å². The van der Waals surface area contributed by atoms with Crippen molar-refractivity contribution in [3.63, 3.8) is 0 Å². The second kappa shape index (κ2) is 9.76. The Labute approximate surface area is 226 Å². The molecule has 2 amide bonds. The summed E-state index contributed by atoms with van der Waals surface area (Å²) in [6.07, 6.45) is 1.55. The third-order valence-electron chi connectivity index (χ3n) is 5.82. The van der Waals surface area contributed by atoms with Crippen LogP contribution >= 0.6 is 22.9 Å². The molecule has 8 nitrogen and oxygen atoms in total. The number of halogens is 2. The van der Waals surface area contributed by atoms with Crippen molar-refractivity contribution in [1.82, 2.24) is 14.7 Å². The van der Waals surface area contributed by atoms with Crippen molar-refractivity contribution in [1.29, 1.82) is 0 Å². The van der Waals surface area contributed by atoms with Gasteiger partial charge < -0.3 is 20.1 Å². The number of benzene rings is 2. The molecule has 1 aliphatic heterocycles. The number of carbonyl (C=O) groups is 2. The second-order valence-corrected chi connectivity index (χ2v) is 10.5. The number of aliphatic hydroxyl groups is 1. The lowest BCUT2D eigenvalue weighted by atomic mass is 10.1. The summed E-state index contributed by atoms with van der Waals surface area (Å²) >= 11 is 7.53. The predicted molar refractivity (Wildman–Crippen MR) is 143 cm³/mol. The molecule has 0 spiro atoms. The van der Waals surface area contributed by atoms with Gasteiger partial charge in [-0.3, -0.25) is 14.0 Å². The van der Waals surface area contributed by atoms with Gasteiger partial charge in [-0.2, -0.15) is 0 Å². The number of hydrogen-bond donors (Lipinski definition) is 2. The lowest BCUT2D eigenvalue weighted by molar-refractivity contribution is -0.120. The Morgan fingerprint density at radius 2 is 2.11 bits per heavy atom. The second-order valence-electron chi connectivity index (χ2n) is 9.25.